The molecule has 0 saturated carbocycles. The van der Waals surface area contributed by atoms with Gasteiger partial charge in [-0.3, -0.25) is 9.59 Å². The number of carbonyl (C=O) groups excluding carboxylic acids is 1. The Morgan fingerprint density at radius 3 is 2.80 bits per heavy atom. The smallest absolute Gasteiger partial charge is 0.305 e. The van der Waals surface area contributed by atoms with Crippen LogP contribution in [-0.2, 0) is 19.1 Å². The highest BCUT2D eigenvalue weighted by molar-refractivity contribution is 5.77. The van der Waals surface area contributed by atoms with E-state index in [0.29, 0.717) is 32.3 Å². The van der Waals surface area contributed by atoms with Crippen LogP contribution >= 0.6 is 0 Å². The minimum Gasteiger partial charge on any atom is -0.481 e. The van der Waals surface area contributed by atoms with E-state index in [1.165, 1.54) is 0 Å². The quantitative estimate of drug-likeness (QED) is 0.816. The number of morpholine rings is 1. The molecule has 6 nitrogen and oxygen atoms in total. The number of ether oxygens (including phenoxy) is 2. The third-order valence-electron chi connectivity index (χ3n) is 3.96. The highest BCUT2D eigenvalue weighted by Gasteiger charge is 2.30. The zero-order chi connectivity index (χ0) is 14.5. The molecular formula is C14H23NO5. The van der Waals surface area contributed by atoms with Gasteiger partial charge in [0.15, 0.2) is 0 Å². The molecule has 0 unspecified atom stereocenters. The van der Waals surface area contributed by atoms with Crippen molar-refractivity contribution in [3.05, 3.63) is 0 Å². The van der Waals surface area contributed by atoms with Gasteiger partial charge < -0.3 is 19.5 Å². The van der Waals surface area contributed by atoms with Crippen molar-refractivity contribution in [2.24, 2.45) is 0 Å². The first-order valence-electron chi connectivity index (χ1n) is 7.30. The molecule has 0 bridgehead atoms. The lowest BCUT2D eigenvalue weighted by Crippen LogP contribution is -2.49. The second kappa shape index (κ2) is 7.04. The van der Waals surface area contributed by atoms with Gasteiger partial charge in [-0.15, -0.1) is 0 Å². The highest BCUT2D eigenvalue weighted by atomic mass is 16.5. The summed E-state index contributed by atoms with van der Waals surface area (Å²) < 4.78 is 11.0. The average molecular weight is 285 g/mol. The summed E-state index contributed by atoms with van der Waals surface area (Å²) in [5, 5.41) is 8.88. The number of hydrogen-bond acceptors (Lipinski definition) is 4. The molecule has 1 amide bonds. The van der Waals surface area contributed by atoms with Gasteiger partial charge in [0.25, 0.3) is 0 Å². The first kappa shape index (κ1) is 15.3. The fraction of sp³-hybridized carbons (Fsp3) is 0.857. The van der Waals surface area contributed by atoms with Crippen molar-refractivity contribution in [1.82, 2.24) is 4.90 Å². The Labute approximate surface area is 119 Å². The molecule has 2 saturated heterocycles. The molecule has 2 aliphatic heterocycles. The Bertz CT molecular complexity index is 359. The predicted octanol–water partition coefficient (Wildman–Crippen LogP) is 1.04. The molecule has 1 N–H and O–H groups in total. The lowest BCUT2D eigenvalue weighted by molar-refractivity contribution is -0.146. The van der Waals surface area contributed by atoms with Gasteiger partial charge in [0.05, 0.1) is 37.9 Å². The molecule has 0 aliphatic carbocycles. The van der Waals surface area contributed by atoms with Gasteiger partial charge in [-0.05, 0) is 26.2 Å². The predicted molar refractivity (Wildman–Crippen MR) is 71.4 cm³/mol. The number of amides is 1. The molecule has 2 heterocycles. The maximum absolute atomic E-state index is 12.3. The van der Waals surface area contributed by atoms with Gasteiger partial charge >= 0.3 is 5.97 Å². The Hall–Kier alpha value is -1.14. The summed E-state index contributed by atoms with van der Waals surface area (Å²) >= 11 is 0. The van der Waals surface area contributed by atoms with Crippen molar-refractivity contribution < 1.29 is 24.2 Å². The number of carbonyl (C=O) groups is 2. The van der Waals surface area contributed by atoms with Crippen LogP contribution < -0.4 is 0 Å². The fourth-order valence-corrected chi connectivity index (χ4v) is 2.88. The summed E-state index contributed by atoms with van der Waals surface area (Å²) in [6.07, 6.45) is 3.62. The van der Waals surface area contributed by atoms with Crippen molar-refractivity contribution in [2.45, 2.75) is 57.3 Å². The van der Waals surface area contributed by atoms with Crippen LogP contribution in [0.3, 0.4) is 0 Å². The van der Waals surface area contributed by atoms with Crippen LogP contribution in [-0.4, -0.2) is 59.9 Å². The molecule has 2 rings (SSSR count). The zero-order valence-corrected chi connectivity index (χ0v) is 11.9. The van der Waals surface area contributed by atoms with Gasteiger partial charge in [-0.25, -0.2) is 0 Å². The van der Waals surface area contributed by atoms with Crippen LogP contribution in [0, 0.1) is 0 Å². The third-order valence-corrected chi connectivity index (χ3v) is 3.96. The third kappa shape index (κ3) is 4.18. The highest BCUT2D eigenvalue weighted by Crippen LogP contribution is 2.23. The van der Waals surface area contributed by atoms with Crippen LogP contribution in [0.4, 0.5) is 0 Å². The van der Waals surface area contributed by atoms with E-state index in [4.69, 9.17) is 14.6 Å². The van der Waals surface area contributed by atoms with E-state index in [-0.39, 0.29) is 24.5 Å². The fourth-order valence-electron chi connectivity index (χ4n) is 2.88. The molecule has 0 radical (unpaired) electrons. The summed E-state index contributed by atoms with van der Waals surface area (Å²) in [5.41, 5.74) is 0. The first-order valence-corrected chi connectivity index (χ1v) is 7.30. The lowest BCUT2D eigenvalue weighted by atomic mass is 10.1. The van der Waals surface area contributed by atoms with E-state index < -0.39 is 5.97 Å². The van der Waals surface area contributed by atoms with Gasteiger partial charge in [0.1, 0.15) is 0 Å². The van der Waals surface area contributed by atoms with Crippen molar-refractivity contribution in [1.29, 1.82) is 0 Å². The van der Waals surface area contributed by atoms with Crippen molar-refractivity contribution >= 4 is 11.9 Å². The molecule has 2 aliphatic rings. The average Bonchev–Trinajstić information content (AvgIpc) is 2.82. The van der Waals surface area contributed by atoms with Crippen molar-refractivity contribution in [3.8, 4) is 0 Å². The van der Waals surface area contributed by atoms with Crippen molar-refractivity contribution in [3.63, 3.8) is 0 Å². The van der Waals surface area contributed by atoms with E-state index in [1.54, 1.807) is 4.90 Å². The van der Waals surface area contributed by atoms with Crippen LogP contribution in [0.5, 0.6) is 0 Å². The molecule has 0 aromatic rings. The summed E-state index contributed by atoms with van der Waals surface area (Å²) in [5.74, 6) is -0.881. The zero-order valence-electron chi connectivity index (χ0n) is 11.9. The van der Waals surface area contributed by atoms with Crippen LogP contribution in [0.2, 0.25) is 0 Å². The lowest BCUT2D eigenvalue weighted by Gasteiger charge is -2.35. The molecular weight excluding hydrogens is 262 g/mol. The molecule has 0 spiro atoms. The number of carboxylic acid groups (broad SMARTS) is 1. The summed E-state index contributed by atoms with van der Waals surface area (Å²) in [4.78, 5) is 24.7. The Balaban J connectivity index is 1.81. The van der Waals surface area contributed by atoms with Crippen LogP contribution in [0.1, 0.15) is 39.0 Å². The monoisotopic (exact) mass is 285 g/mol. The van der Waals surface area contributed by atoms with Crippen LogP contribution in [0.25, 0.3) is 0 Å². The molecule has 6 heteroatoms. The molecule has 3 atom stereocenters. The van der Waals surface area contributed by atoms with Gasteiger partial charge in [-0.1, -0.05) is 0 Å². The van der Waals surface area contributed by atoms with E-state index >= 15 is 0 Å². The molecule has 2 fully saturated rings. The van der Waals surface area contributed by atoms with Gasteiger partial charge in [0, 0.05) is 13.0 Å². The number of aliphatic carboxylic acids is 1. The molecule has 20 heavy (non-hydrogen) atoms. The van der Waals surface area contributed by atoms with Gasteiger partial charge in [-0.2, -0.15) is 0 Å². The SMILES string of the molecule is C[C@@H]1CC[C@H](CCC(=O)N2CCOC[C@@H]2CC(=O)O)O1. The number of nitrogens with zero attached hydrogens (tertiary/aromatic N) is 1. The van der Waals surface area contributed by atoms with Gasteiger partial charge in [0.2, 0.25) is 5.91 Å². The number of hydrogen-bond donors (Lipinski definition) is 1. The summed E-state index contributed by atoms with van der Waals surface area (Å²) in [7, 11) is 0. The van der Waals surface area contributed by atoms with E-state index in [0.717, 1.165) is 19.3 Å². The summed E-state index contributed by atoms with van der Waals surface area (Å²) in [6, 6.07) is -0.336. The Morgan fingerprint density at radius 2 is 2.15 bits per heavy atom. The van der Waals surface area contributed by atoms with Crippen molar-refractivity contribution in [2.75, 3.05) is 19.8 Å². The van der Waals surface area contributed by atoms with E-state index in [2.05, 4.69) is 0 Å². The summed E-state index contributed by atoms with van der Waals surface area (Å²) in [6.45, 7) is 3.33. The normalized spacial score (nSPS) is 30.4. The van der Waals surface area contributed by atoms with Crippen LogP contribution in [0.15, 0.2) is 0 Å². The topological polar surface area (TPSA) is 76.1 Å². The maximum Gasteiger partial charge on any atom is 0.305 e. The molecule has 0 aromatic heterocycles. The molecule has 0 aromatic carbocycles. The minimum absolute atomic E-state index is 0.0164. The Kier molecular flexibility index (Phi) is 5.37. The number of rotatable bonds is 5. The molecule has 114 valence electrons. The number of carboxylic acids is 1. The van der Waals surface area contributed by atoms with E-state index in [1.807, 2.05) is 6.92 Å². The minimum atomic E-state index is -0.897. The van der Waals surface area contributed by atoms with E-state index in [9.17, 15) is 9.59 Å². The second-order valence-corrected chi connectivity index (χ2v) is 5.60. The maximum atomic E-state index is 12.3. The standard InChI is InChI=1S/C14H23NO5/c1-10-2-3-12(20-10)4-5-13(16)15-6-7-19-9-11(15)8-14(17)18/h10-12H,2-9H2,1H3,(H,17,18)/t10-,11+,12-/m1/s1. The first-order chi connectivity index (χ1) is 9.56. The second-order valence-electron chi connectivity index (χ2n) is 5.60. The largest absolute Gasteiger partial charge is 0.481 e. The Morgan fingerprint density at radius 1 is 1.35 bits per heavy atom.